The number of aryl methyl sites for hydroxylation is 1. The minimum atomic E-state index is 0.666. The van der Waals surface area contributed by atoms with Crippen molar-refractivity contribution in [3.05, 3.63) is 15.6 Å². The third-order valence-corrected chi connectivity index (χ3v) is 3.29. The molecule has 1 heterocycles. The van der Waals surface area contributed by atoms with Crippen molar-refractivity contribution in [3.8, 4) is 0 Å². The predicted molar refractivity (Wildman–Crippen MR) is 68.8 cm³/mol. The summed E-state index contributed by atoms with van der Waals surface area (Å²) in [6.45, 7) is 6.72. The normalized spacial score (nSPS) is 10.9. The van der Waals surface area contributed by atoms with Gasteiger partial charge in [-0.1, -0.05) is 20.3 Å². The minimum Gasteiger partial charge on any atom is -0.374 e. The van der Waals surface area contributed by atoms with Gasteiger partial charge in [-0.25, -0.2) is 4.98 Å². The van der Waals surface area contributed by atoms with Gasteiger partial charge in [-0.05, 0) is 19.9 Å². The van der Waals surface area contributed by atoms with E-state index in [0.29, 0.717) is 6.61 Å². The average Bonchev–Trinajstić information content (AvgIpc) is 2.63. The summed E-state index contributed by atoms with van der Waals surface area (Å²) in [5.74, 6) is 0. The Labute approximate surface area is 102 Å². The maximum absolute atomic E-state index is 5.52. The Morgan fingerprint density at radius 2 is 2.12 bits per heavy atom. The van der Waals surface area contributed by atoms with Crippen molar-refractivity contribution < 1.29 is 4.74 Å². The molecule has 92 valence electrons. The molecule has 0 unspecified atom stereocenters. The van der Waals surface area contributed by atoms with E-state index in [0.717, 1.165) is 37.4 Å². The van der Waals surface area contributed by atoms with E-state index in [-0.39, 0.29) is 0 Å². The van der Waals surface area contributed by atoms with Crippen LogP contribution in [0.5, 0.6) is 0 Å². The lowest BCUT2D eigenvalue weighted by Gasteiger charge is -1.98. The van der Waals surface area contributed by atoms with Gasteiger partial charge < -0.3 is 10.1 Å². The number of nitrogens with one attached hydrogen (secondary N) is 1. The van der Waals surface area contributed by atoms with Gasteiger partial charge in [0.2, 0.25) is 0 Å². The molecule has 1 N–H and O–H groups in total. The topological polar surface area (TPSA) is 34.1 Å². The molecule has 4 heteroatoms. The SMILES string of the molecule is CCCOCc1nc(CCC)c(CNC)s1. The fraction of sp³-hybridized carbons (Fsp3) is 0.750. The Hall–Kier alpha value is -0.450. The molecule has 0 bridgehead atoms. The molecule has 0 amide bonds. The molecule has 1 aromatic rings. The highest BCUT2D eigenvalue weighted by molar-refractivity contribution is 7.11. The van der Waals surface area contributed by atoms with E-state index in [1.165, 1.54) is 10.6 Å². The Morgan fingerprint density at radius 1 is 1.31 bits per heavy atom. The van der Waals surface area contributed by atoms with Gasteiger partial charge in [0.05, 0.1) is 12.3 Å². The predicted octanol–water partition coefficient (Wildman–Crippen LogP) is 2.74. The van der Waals surface area contributed by atoms with Crippen LogP contribution in [0.15, 0.2) is 0 Å². The molecule has 3 nitrogen and oxygen atoms in total. The van der Waals surface area contributed by atoms with Crippen molar-refractivity contribution in [2.75, 3.05) is 13.7 Å². The molecule has 0 saturated heterocycles. The van der Waals surface area contributed by atoms with E-state index in [1.807, 2.05) is 7.05 Å². The second kappa shape index (κ2) is 7.76. The van der Waals surface area contributed by atoms with E-state index in [9.17, 15) is 0 Å². The van der Waals surface area contributed by atoms with Crippen molar-refractivity contribution >= 4 is 11.3 Å². The van der Waals surface area contributed by atoms with E-state index < -0.39 is 0 Å². The standard InChI is InChI=1S/C12H22N2OS/c1-4-6-10-11(8-13-3)16-12(14-10)9-15-7-5-2/h13H,4-9H2,1-3H3. The molecule has 0 aromatic carbocycles. The summed E-state index contributed by atoms with van der Waals surface area (Å²) in [4.78, 5) is 6.00. The number of hydrogen-bond acceptors (Lipinski definition) is 4. The van der Waals surface area contributed by atoms with E-state index >= 15 is 0 Å². The van der Waals surface area contributed by atoms with Crippen LogP contribution in [0.4, 0.5) is 0 Å². The molecular weight excluding hydrogens is 220 g/mol. The maximum Gasteiger partial charge on any atom is 0.119 e. The summed E-state index contributed by atoms with van der Waals surface area (Å²) in [7, 11) is 1.97. The number of aromatic nitrogens is 1. The molecule has 1 aromatic heterocycles. The quantitative estimate of drug-likeness (QED) is 0.712. The second-order valence-corrected chi connectivity index (χ2v) is 4.98. The van der Waals surface area contributed by atoms with Crippen LogP contribution in [0.25, 0.3) is 0 Å². The molecule has 0 fully saturated rings. The number of hydrogen-bond donors (Lipinski definition) is 1. The van der Waals surface area contributed by atoms with Crippen LogP contribution >= 0.6 is 11.3 Å². The Bertz CT molecular complexity index is 276. The summed E-state index contributed by atoms with van der Waals surface area (Å²) in [6, 6.07) is 0. The zero-order chi connectivity index (χ0) is 11.8. The van der Waals surface area contributed by atoms with Gasteiger partial charge in [-0.3, -0.25) is 0 Å². The minimum absolute atomic E-state index is 0.666. The van der Waals surface area contributed by atoms with E-state index in [1.54, 1.807) is 11.3 Å². The van der Waals surface area contributed by atoms with E-state index in [2.05, 4.69) is 24.1 Å². The van der Waals surface area contributed by atoms with Crippen molar-refractivity contribution in [2.45, 2.75) is 46.3 Å². The highest BCUT2D eigenvalue weighted by atomic mass is 32.1. The van der Waals surface area contributed by atoms with Crippen molar-refractivity contribution in [1.82, 2.24) is 10.3 Å². The smallest absolute Gasteiger partial charge is 0.119 e. The van der Waals surface area contributed by atoms with Crippen LogP contribution in [0.2, 0.25) is 0 Å². The number of ether oxygens (including phenoxy) is 1. The monoisotopic (exact) mass is 242 g/mol. The molecule has 0 spiro atoms. The molecule has 0 aliphatic rings. The Morgan fingerprint density at radius 3 is 2.75 bits per heavy atom. The summed E-state index contributed by atoms with van der Waals surface area (Å²) in [5, 5.41) is 4.31. The summed E-state index contributed by atoms with van der Waals surface area (Å²) in [5.41, 5.74) is 1.25. The van der Waals surface area contributed by atoms with Crippen LogP contribution in [0.1, 0.15) is 42.3 Å². The summed E-state index contributed by atoms with van der Waals surface area (Å²) in [6.07, 6.45) is 3.29. The fourth-order valence-corrected chi connectivity index (χ4v) is 2.60. The first kappa shape index (κ1) is 13.6. The van der Waals surface area contributed by atoms with Crippen LogP contribution < -0.4 is 5.32 Å². The van der Waals surface area contributed by atoms with Crippen molar-refractivity contribution in [1.29, 1.82) is 0 Å². The highest BCUT2D eigenvalue weighted by Crippen LogP contribution is 2.20. The summed E-state index contributed by atoms with van der Waals surface area (Å²) < 4.78 is 5.52. The van der Waals surface area contributed by atoms with Gasteiger partial charge in [0, 0.05) is 18.0 Å². The summed E-state index contributed by atoms with van der Waals surface area (Å²) >= 11 is 1.78. The van der Waals surface area contributed by atoms with Crippen LogP contribution in [-0.4, -0.2) is 18.6 Å². The zero-order valence-electron chi connectivity index (χ0n) is 10.5. The van der Waals surface area contributed by atoms with Gasteiger partial charge >= 0.3 is 0 Å². The molecule has 0 saturated carbocycles. The highest BCUT2D eigenvalue weighted by Gasteiger charge is 2.09. The largest absolute Gasteiger partial charge is 0.374 e. The van der Waals surface area contributed by atoms with E-state index in [4.69, 9.17) is 4.74 Å². The second-order valence-electron chi connectivity index (χ2n) is 3.81. The van der Waals surface area contributed by atoms with Gasteiger partial charge in [0.1, 0.15) is 5.01 Å². The van der Waals surface area contributed by atoms with Gasteiger partial charge in [0.25, 0.3) is 0 Å². The van der Waals surface area contributed by atoms with Crippen LogP contribution in [0.3, 0.4) is 0 Å². The fourth-order valence-electron chi connectivity index (χ4n) is 1.53. The lowest BCUT2D eigenvalue weighted by atomic mass is 10.2. The Kier molecular flexibility index (Phi) is 6.61. The first-order valence-electron chi connectivity index (χ1n) is 6.01. The van der Waals surface area contributed by atoms with Gasteiger partial charge in [-0.2, -0.15) is 0 Å². The first-order chi connectivity index (χ1) is 7.81. The molecule has 16 heavy (non-hydrogen) atoms. The van der Waals surface area contributed by atoms with Crippen molar-refractivity contribution in [3.63, 3.8) is 0 Å². The molecule has 0 atom stereocenters. The molecule has 0 aliphatic carbocycles. The van der Waals surface area contributed by atoms with Crippen LogP contribution in [0, 0.1) is 0 Å². The molecule has 1 rings (SSSR count). The lowest BCUT2D eigenvalue weighted by molar-refractivity contribution is 0.121. The number of thiazole rings is 1. The molecular formula is C12H22N2OS. The number of nitrogens with zero attached hydrogens (tertiary/aromatic N) is 1. The van der Waals surface area contributed by atoms with Crippen LogP contribution in [-0.2, 0) is 24.3 Å². The van der Waals surface area contributed by atoms with Crippen molar-refractivity contribution in [2.24, 2.45) is 0 Å². The van der Waals surface area contributed by atoms with Gasteiger partial charge in [-0.15, -0.1) is 11.3 Å². The molecule has 0 radical (unpaired) electrons. The van der Waals surface area contributed by atoms with Gasteiger partial charge in [0.15, 0.2) is 0 Å². The number of rotatable bonds is 8. The lowest BCUT2D eigenvalue weighted by Crippen LogP contribution is -2.05. The maximum atomic E-state index is 5.52. The third-order valence-electron chi connectivity index (χ3n) is 2.22. The third kappa shape index (κ3) is 4.20. The zero-order valence-corrected chi connectivity index (χ0v) is 11.3. The first-order valence-corrected chi connectivity index (χ1v) is 6.83. The Balaban J connectivity index is 2.60. The molecule has 0 aliphatic heterocycles. The average molecular weight is 242 g/mol.